The number of rotatable bonds is 12. The fourth-order valence-electron chi connectivity index (χ4n) is 4.55. The number of benzene rings is 1. The van der Waals surface area contributed by atoms with Crippen molar-refractivity contribution in [3.63, 3.8) is 0 Å². The zero-order valence-electron chi connectivity index (χ0n) is 22.9. The molecule has 0 amide bonds. The molecule has 0 bridgehead atoms. The van der Waals surface area contributed by atoms with Crippen LogP contribution in [0.4, 0.5) is 23.0 Å². The Morgan fingerprint density at radius 2 is 1.82 bits per heavy atom. The van der Waals surface area contributed by atoms with Gasteiger partial charge in [-0.05, 0) is 38.1 Å². The number of Topliss-reactive ketones (excluding diaryl/α,β-unsaturated/α-hetero) is 1. The molecule has 1 saturated heterocycles. The van der Waals surface area contributed by atoms with Gasteiger partial charge in [0.25, 0.3) is 0 Å². The van der Waals surface area contributed by atoms with Gasteiger partial charge in [0.15, 0.2) is 17.4 Å². The third kappa shape index (κ3) is 6.34. The molecule has 1 aliphatic rings. The molecule has 0 atom stereocenters. The number of nitrogens with zero attached hydrogens (tertiary/aromatic N) is 7. The van der Waals surface area contributed by atoms with Gasteiger partial charge in [0.2, 0.25) is 5.88 Å². The first kappa shape index (κ1) is 27.0. The average Bonchev–Trinajstić information content (AvgIpc) is 3.65. The van der Waals surface area contributed by atoms with Crippen LogP contribution >= 0.6 is 0 Å². The van der Waals surface area contributed by atoms with Crippen LogP contribution in [0.3, 0.4) is 0 Å². The molecule has 4 aromatic rings. The van der Waals surface area contributed by atoms with E-state index in [0.29, 0.717) is 59.1 Å². The van der Waals surface area contributed by atoms with Gasteiger partial charge in [0.1, 0.15) is 24.6 Å². The molecule has 40 heavy (non-hydrogen) atoms. The maximum absolute atomic E-state index is 12.8. The van der Waals surface area contributed by atoms with E-state index in [9.17, 15) is 4.79 Å². The number of ketones is 1. The van der Waals surface area contributed by atoms with E-state index in [-0.39, 0.29) is 5.78 Å². The summed E-state index contributed by atoms with van der Waals surface area (Å²) in [6, 6.07) is 7.39. The number of para-hydroxylation sites is 1. The Balaban J connectivity index is 1.34. The van der Waals surface area contributed by atoms with Gasteiger partial charge in [-0.3, -0.25) is 14.4 Å². The van der Waals surface area contributed by atoms with Crippen molar-refractivity contribution in [2.75, 3.05) is 44.0 Å². The van der Waals surface area contributed by atoms with Crippen LogP contribution in [0.2, 0.25) is 0 Å². The number of aryl methyl sites for hydroxylation is 1. The number of carbonyl (C=O) groups excluding carboxylic acids is 1. The number of hydrogen-bond acceptors (Lipinski definition) is 11. The van der Waals surface area contributed by atoms with Gasteiger partial charge in [0, 0.05) is 32.3 Å². The first-order valence-electron chi connectivity index (χ1n) is 13.3. The van der Waals surface area contributed by atoms with Gasteiger partial charge in [0.05, 0.1) is 42.0 Å². The van der Waals surface area contributed by atoms with Crippen molar-refractivity contribution in [3.05, 3.63) is 54.7 Å². The summed E-state index contributed by atoms with van der Waals surface area (Å²) in [7, 11) is 3.39. The molecular weight excluding hydrogens is 510 g/mol. The zero-order valence-corrected chi connectivity index (χ0v) is 22.9. The van der Waals surface area contributed by atoms with Gasteiger partial charge in [-0.2, -0.15) is 5.10 Å². The molecule has 2 N–H and O–H groups in total. The average molecular weight is 544 g/mol. The van der Waals surface area contributed by atoms with E-state index in [0.717, 1.165) is 25.2 Å². The molecule has 0 saturated carbocycles. The Hall–Kier alpha value is -4.58. The summed E-state index contributed by atoms with van der Waals surface area (Å²) in [4.78, 5) is 32.7. The van der Waals surface area contributed by atoms with Crippen LogP contribution in [0.5, 0.6) is 11.6 Å². The molecule has 1 aromatic carbocycles. The maximum Gasteiger partial charge on any atom is 0.232 e. The quantitative estimate of drug-likeness (QED) is 0.249. The zero-order chi connectivity index (χ0) is 27.9. The van der Waals surface area contributed by atoms with E-state index < -0.39 is 0 Å². The highest BCUT2D eigenvalue weighted by atomic mass is 16.5. The molecular formula is C28H33N9O3. The van der Waals surface area contributed by atoms with E-state index >= 15 is 0 Å². The number of pyridine rings is 1. The minimum Gasteiger partial charge on any atom is -0.494 e. The summed E-state index contributed by atoms with van der Waals surface area (Å²) in [5.41, 5.74) is 2.42. The molecule has 0 aliphatic carbocycles. The minimum absolute atomic E-state index is 0.0433. The molecule has 0 radical (unpaired) electrons. The van der Waals surface area contributed by atoms with Crippen LogP contribution in [0.1, 0.15) is 36.5 Å². The van der Waals surface area contributed by atoms with E-state index in [2.05, 4.69) is 40.6 Å². The third-order valence-corrected chi connectivity index (χ3v) is 6.59. The smallest absolute Gasteiger partial charge is 0.232 e. The monoisotopic (exact) mass is 543 g/mol. The summed E-state index contributed by atoms with van der Waals surface area (Å²) in [5.74, 6) is 2.51. The van der Waals surface area contributed by atoms with Gasteiger partial charge in [-0.1, -0.05) is 13.0 Å². The predicted octanol–water partition coefficient (Wildman–Crippen LogP) is 4.23. The summed E-state index contributed by atoms with van der Waals surface area (Å²) in [5, 5.41) is 10.9. The van der Waals surface area contributed by atoms with E-state index in [1.165, 1.54) is 12.8 Å². The Kier molecular flexibility index (Phi) is 8.45. The first-order chi connectivity index (χ1) is 19.5. The maximum atomic E-state index is 12.8. The normalized spacial score (nSPS) is 13.3. The first-order valence-corrected chi connectivity index (χ1v) is 13.3. The summed E-state index contributed by atoms with van der Waals surface area (Å²) >= 11 is 0. The Labute approximate surface area is 232 Å². The Morgan fingerprint density at radius 3 is 2.52 bits per heavy atom. The third-order valence-electron chi connectivity index (χ3n) is 6.59. The number of hydrogen-bond donors (Lipinski definition) is 2. The number of ether oxygens (including phenoxy) is 2. The number of aromatic nitrogens is 6. The van der Waals surface area contributed by atoms with Crippen LogP contribution in [-0.4, -0.2) is 73.8 Å². The predicted molar refractivity (Wildman–Crippen MR) is 152 cm³/mol. The van der Waals surface area contributed by atoms with Crippen LogP contribution < -0.4 is 20.1 Å². The standard InChI is InChI=1S/C28H33N9O3/c1-4-23(38)20-15-29-24(34-25-16-31-26(17-30-25)40-13-12-37-10-5-6-11-37)14-22(20)33-21-9-7-8-19(27(21)39-3)28-32-18-36(2)35-28/h7-9,14-18H,4-6,10-13H2,1-3H3,(H2,29,30,33,34). The van der Waals surface area contributed by atoms with Gasteiger partial charge in [-0.25, -0.2) is 19.9 Å². The highest BCUT2D eigenvalue weighted by Gasteiger charge is 2.18. The SMILES string of the molecule is CCC(=O)c1cnc(Nc2cnc(OCCN3CCCC3)cn2)cc1Nc1cccc(-c2ncn(C)n2)c1OC. The van der Waals surface area contributed by atoms with E-state index in [1.54, 1.807) is 49.8 Å². The van der Waals surface area contributed by atoms with Gasteiger partial charge >= 0.3 is 0 Å². The lowest BCUT2D eigenvalue weighted by Gasteiger charge is -2.17. The van der Waals surface area contributed by atoms with Gasteiger partial charge in [-0.15, -0.1) is 0 Å². The molecule has 1 aliphatic heterocycles. The van der Waals surface area contributed by atoms with Crippen LogP contribution in [-0.2, 0) is 7.05 Å². The van der Waals surface area contributed by atoms with Gasteiger partial charge < -0.3 is 20.1 Å². The Bertz CT molecular complexity index is 1450. The van der Waals surface area contributed by atoms with Crippen molar-refractivity contribution < 1.29 is 14.3 Å². The second-order valence-electron chi connectivity index (χ2n) is 9.41. The Morgan fingerprint density at radius 1 is 1.00 bits per heavy atom. The number of anilines is 4. The van der Waals surface area contributed by atoms with Crippen molar-refractivity contribution in [1.82, 2.24) is 34.6 Å². The lowest BCUT2D eigenvalue weighted by atomic mass is 10.1. The summed E-state index contributed by atoms with van der Waals surface area (Å²) in [6.07, 6.45) is 9.20. The number of likely N-dealkylation sites (tertiary alicyclic amines) is 1. The lowest BCUT2D eigenvalue weighted by Crippen LogP contribution is -2.25. The molecule has 4 heterocycles. The number of carbonyl (C=O) groups is 1. The fraction of sp³-hybridized carbons (Fsp3) is 0.357. The highest BCUT2D eigenvalue weighted by molar-refractivity contribution is 6.02. The minimum atomic E-state index is -0.0433. The van der Waals surface area contributed by atoms with Crippen molar-refractivity contribution in [2.45, 2.75) is 26.2 Å². The lowest BCUT2D eigenvalue weighted by molar-refractivity contribution is 0.0988. The van der Waals surface area contributed by atoms with E-state index in [4.69, 9.17) is 9.47 Å². The second-order valence-corrected chi connectivity index (χ2v) is 9.41. The largest absolute Gasteiger partial charge is 0.494 e. The molecule has 1 fully saturated rings. The molecule has 5 rings (SSSR count). The van der Waals surface area contributed by atoms with Crippen molar-refractivity contribution in [3.8, 4) is 23.0 Å². The van der Waals surface area contributed by atoms with Crippen LogP contribution in [0, 0.1) is 0 Å². The molecule has 0 spiro atoms. The van der Waals surface area contributed by atoms with Crippen molar-refractivity contribution in [1.29, 1.82) is 0 Å². The number of nitrogens with one attached hydrogen (secondary N) is 2. The second kappa shape index (κ2) is 12.5. The molecule has 208 valence electrons. The molecule has 12 nitrogen and oxygen atoms in total. The van der Waals surface area contributed by atoms with Crippen LogP contribution in [0.25, 0.3) is 11.4 Å². The molecule has 0 unspecified atom stereocenters. The highest BCUT2D eigenvalue weighted by Crippen LogP contribution is 2.37. The number of methoxy groups -OCH3 is 1. The fourth-order valence-corrected chi connectivity index (χ4v) is 4.55. The van der Waals surface area contributed by atoms with E-state index in [1.807, 2.05) is 25.1 Å². The topological polar surface area (TPSA) is 132 Å². The molecule has 3 aromatic heterocycles. The van der Waals surface area contributed by atoms with Crippen molar-refractivity contribution in [2.24, 2.45) is 7.05 Å². The summed E-state index contributed by atoms with van der Waals surface area (Å²) in [6.45, 7) is 5.53. The van der Waals surface area contributed by atoms with Crippen LogP contribution in [0.15, 0.2) is 49.2 Å². The molecule has 12 heteroatoms. The summed E-state index contributed by atoms with van der Waals surface area (Å²) < 4.78 is 13.1. The van der Waals surface area contributed by atoms with Crippen molar-refractivity contribution >= 4 is 28.8 Å².